The molecule has 0 amide bonds. The van der Waals surface area contributed by atoms with Gasteiger partial charge in [0.05, 0.1) is 5.76 Å². The molecule has 0 atom stereocenters. The summed E-state index contributed by atoms with van der Waals surface area (Å²) in [7, 11) is 0. The highest BCUT2D eigenvalue weighted by atomic mass is 17.1. The first-order valence-corrected chi connectivity index (χ1v) is 9.00. The molecule has 0 aliphatic heterocycles. The topological polar surface area (TPSA) is 87.0 Å². The first-order valence-electron chi connectivity index (χ1n) is 9.00. The van der Waals surface area contributed by atoms with E-state index in [1.807, 2.05) is 30.4 Å². The highest BCUT2D eigenvalue weighted by Gasteiger charge is 1.97. The van der Waals surface area contributed by atoms with Crippen molar-refractivity contribution in [1.29, 1.82) is 0 Å². The Labute approximate surface area is 151 Å². The zero-order chi connectivity index (χ0) is 18.8. The van der Waals surface area contributed by atoms with Crippen LogP contribution in [-0.4, -0.2) is 21.4 Å². The quantitative estimate of drug-likeness (QED) is 0.112. The fourth-order valence-electron chi connectivity index (χ4n) is 2.11. The number of allylic oxidation sites excluding steroid dienone is 7. The number of carboxylic acid groups (broad SMARTS) is 1. The average Bonchev–Trinajstić information content (AvgIpc) is 2.59. The Balaban J connectivity index is 3.90. The first kappa shape index (κ1) is 23.0. The van der Waals surface area contributed by atoms with Gasteiger partial charge in [-0.2, -0.15) is 0 Å². The third kappa shape index (κ3) is 16.6. The van der Waals surface area contributed by atoms with Gasteiger partial charge in [0.15, 0.2) is 0 Å². The smallest absolute Gasteiger partial charge is 0.303 e. The van der Waals surface area contributed by atoms with Crippen molar-refractivity contribution in [1.82, 2.24) is 0 Å². The molecule has 0 fully saturated rings. The lowest BCUT2D eigenvalue weighted by molar-refractivity contribution is -0.206. The highest BCUT2D eigenvalue weighted by molar-refractivity contribution is 5.66. The van der Waals surface area contributed by atoms with Crippen molar-refractivity contribution < 1.29 is 25.2 Å². The monoisotopic (exact) mass is 352 g/mol. The molecule has 0 bridgehead atoms. The van der Waals surface area contributed by atoms with Crippen LogP contribution in [0.4, 0.5) is 0 Å². The normalized spacial score (nSPS) is 13.0. The van der Waals surface area contributed by atoms with Crippen molar-refractivity contribution in [2.45, 2.75) is 71.1 Å². The first-order chi connectivity index (χ1) is 12.1. The number of hydrogen-bond donors (Lipinski definition) is 3. The van der Waals surface area contributed by atoms with Gasteiger partial charge in [-0.1, -0.05) is 44.1 Å². The maximum Gasteiger partial charge on any atom is 0.303 e. The number of aliphatic hydroxyl groups excluding tert-OH is 1. The van der Waals surface area contributed by atoms with E-state index in [1.54, 1.807) is 6.08 Å². The maximum atomic E-state index is 10.3. The fourth-order valence-corrected chi connectivity index (χ4v) is 2.11. The molecule has 0 saturated carbocycles. The molecule has 0 rings (SSSR count). The maximum absolute atomic E-state index is 10.3. The second-order valence-electron chi connectivity index (χ2n) is 5.82. The molecule has 5 heteroatoms. The fraction of sp³-hybridized carbons (Fsp3) is 0.550. The van der Waals surface area contributed by atoms with Gasteiger partial charge < -0.3 is 15.1 Å². The third-order valence-electron chi connectivity index (χ3n) is 3.54. The summed E-state index contributed by atoms with van der Waals surface area (Å²) in [6, 6.07) is 0. The Hall–Kier alpha value is -2.01. The van der Waals surface area contributed by atoms with E-state index >= 15 is 0 Å². The summed E-state index contributed by atoms with van der Waals surface area (Å²) in [6.07, 6.45) is 18.5. The number of aliphatic carboxylic acids is 1. The van der Waals surface area contributed by atoms with Gasteiger partial charge in [-0.25, -0.2) is 5.26 Å². The van der Waals surface area contributed by atoms with Gasteiger partial charge in [0.25, 0.3) is 0 Å². The highest BCUT2D eigenvalue weighted by Crippen LogP contribution is 2.10. The van der Waals surface area contributed by atoms with Crippen LogP contribution in [0.2, 0.25) is 0 Å². The lowest BCUT2D eigenvalue weighted by Crippen LogP contribution is -1.92. The van der Waals surface area contributed by atoms with E-state index in [4.69, 9.17) is 10.4 Å². The van der Waals surface area contributed by atoms with Crippen molar-refractivity contribution in [2.75, 3.05) is 0 Å². The van der Waals surface area contributed by atoms with Gasteiger partial charge in [-0.15, -0.1) is 0 Å². The van der Waals surface area contributed by atoms with Crippen molar-refractivity contribution in [3.05, 3.63) is 48.0 Å². The molecule has 0 aromatic heterocycles. The lowest BCUT2D eigenvalue weighted by atomic mass is 10.1. The van der Waals surface area contributed by atoms with Crippen molar-refractivity contribution in [3.8, 4) is 0 Å². The summed E-state index contributed by atoms with van der Waals surface area (Å²) in [5, 5.41) is 27.0. The molecule has 0 aliphatic carbocycles. The summed E-state index contributed by atoms with van der Waals surface area (Å²) in [6.45, 7) is 2.13. The summed E-state index contributed by atoms with van der Waals surface area (Å²) in [5.74, 6) is 0.120. The Bertz CT molecular complexity index is 461. The number of aliphatic hydroxyl groups is 1. The number of carboxylic acids is 1. The molecule has 0 unspecified atom stereocenters. The Morgan fingerprint density at radius 1 is 0.920 bits per heavy atom. The zero-order valence-electron chi connectivity index (χ0n) is 15.2. The van der Waals surface area contributed by atoms with Crippen LogP contribution >= 0.6 is 0 Å². The largest absolute Gasteiger partial charge is 0.512 e. The molecular weight excluding hydrogens is 320 g/mol. The van der Waals surface area contributed by atoms with E-state index in [0.717, 1.165) is 25.7 Å². The molecule has 142 valence electrons. The number of unbranched alkanes of at least 4 members (excludes halogenated alkanes) is 3. The van der Waals surface area contributed by atoms with E-state index in [2.05, 4.69) is 11.8 Å². The molecular formula is C20H32O5. The third-order valence-corrected chi connectivity index (χ3v) is 3.54. The minimum Gasteiger partial charge on any atom is -0.512 e. The minimum atomic E-state index is -0.781. The molecule has 0 saturated heterocycles. The van der Waals surface area contributed by atoms with E-state index in [1.165, 1.54) is 0 Å². The van der Waals surface area contributed by atoms with Crippen molar-refractivity contribution >= 4 is 5.97 Å². The van der Waals surface area contributed by atoms with Crippen LogP contribution in [0.5, 0.6) is 0 Å². The second kappa shape index (κ2) is 16.8. The lowest BCUT2D eigenvalue weighted by Gasteiger charge is -2.01. The van der Waals surface area contributed by atoms with Crippen molar-refractivity contribution in [3.63, 3.8) is 0 Å². The molecule has 25 heavy (non-hydrogen) atoms. The SMILES string of the molecule is CCCCCC(=CCC=CCC=C(O)CC=CCCCC(=O)O)OO. The summed E-state index contributed by atoms with van der Waals surface area (Å²) < 4.78 is 0. The van der Waals surface area contributed by atoms with E-state index in [0.29, 0.717) is 43.6 Å². The number of hydrogen-bond acceptors (Lipinski definition) is 4. The molecule has 0 aromatic rings. The van der Waals surface area contributed by atoms with E-state index in [9.17, 15) is 9.90 Å². The number of rotatable bonds is 15. The molecule has 0 spiro atoms. The molecule has 0 aromatic carbocycles. The second-order valence-corrected chi connectivity index (χ2v) is 5.82. The van der Waals surface area contributed by atoms with Gasteiger partial charge in [-0.3, -0.25) is 4.79 Å². The van der Waals surface area contributed by atoms with E-state index in [-0.39, 0.29) is 6.42 Å². The van der Waals surface area contributed by atoms with Crippen LogP contribution in [-0.2, 0) is 9.68 Å². The van der Waals surface area contributed by atoms with Gasteiger partial charge >= 0.3 is 5.97 Å². The van der Waals surface area contributed by atoms with Crippen LogP contribution < -0.4 is 0 Å². The predicted octanol–water partition coefficient (Wildman–Crippen LogP) is 5.92. The van der Waals surface area contributed by atoms with Crippen LogP contribution in [0.15, 0.2) is 48.0 Å². The van der Waals surface area contributed by atoms with Gasteiger partial charge in [0.1, 0.15) is 5.76 Å². The van der Waals surface area contributed by atoms with Crippen LogP contribution in [0.1, 0.15) is 71.1 Å². The molecule has 5 nitrogen and oxygen atoms in total. The van der Waals surface area contributed by atoms with Crippen molar-refractivity contribution in [2.24, 2.45) is 0 Å². The summed E-state index contributed by atoms with van der Waals surface area (Å²) in [5.41, 5.74) is 0. The number of carbonyl (C=O) groups is 1. The van der Waals surface area contributed by atoms with Gasteiger partial charge in [0, 0.05) is 19.3 Å². The van der Waals surface area contributed by atoms with Crippen LogP contribution in [0.25, 0.3) is 0 Å². The molecule has 0 radical (unpaired) electrons. The Morgan fingerprint density at radius 2 is 1.64 bits per heavy atom. The molecule has 3 N–H and O–H groups in total. The Kier molecular flexibility index (Phi) is 15.5. The summed E-state index contributed by atoms with van der Waals surface area (Å²) in [4.78, 5) is 14.7. The standard InChI is InChI=1S/C20H32O5/c1-2-3-8-15-19(25-24)16-11-6-4-9-13-18(21)14-10-5-7-12-17-20(22)23/h4-6,10,13,16,21,24H,2-3,7-9,11-12,14-15,17H2,1H3,(H,22,23). The minimum absolute atomic E-state index is 0.174. The average molecular weight is 352 g/mol. The summed E-state index contributed by atoms with van der Waals surface area (Å²) >= 11 is 0. The van der Waals surface area contributed by atoms with Gasteiger partial charge in [-0.05, 0) is 44.3 Å². The zero-order valence-corrected chi connectivity index (χ0v) is 15.2. The molecule has 0 aliphatic rings. The van der Waals surface area contributed by atoms with Crippen LogP contribution in [0, 0.1) is 0 Å². The van der Waals surface area contributed by atoms with Crippen LogP contribution in [0.3, 0.4) is 0 Å². The van der Waals surface area contributed by atoms with Gasteiger partial charge in [0.2, 0.25) is 0 Å². The predicted molar refractivity (Wildman–Crippen MR) is 100 cm³/mol. The molecule has 0 heterocycles. The van der Waals surface area contributed by atoms with E-state index < -0.39 is 5.97 Å². The Morgan fingerprint density at radius 3 is 2.28 bits per heavy atom.